The quantitative estimate of drug-likeness (QED) is 0.938. The summed E-state index contributed by atoms with van der Waals surface area (Å²) < 4.78 is 19.0. The molecule has 0 amide bonds. The lowest BCUT2D eigenvalue weighted by Gasteiger charge is -2.08. The standard InChI is InChI=1S/C15H14N2O2S/c1-18-10-7-8-12-14(9-10)20(16)15(17-12)11-5-3-4-6-13(11)19-2/h3-9,16H,1-2H3. The first-order valence-corrected chi connectivity index (χ1v) is 7.32. The molecule has 2 aromatic carbocycles. The third kappa shape index (κ3) is 2.00. The van der Waals surface area contributed by atoms with E-state index in [2.05, 4.69) is 4.99 Å². The van der Waals surface area contributed by atoms with E-state index in [1.54, 1.807) is 14.2 Å². The highest BCUT2D eigenvalue weighted by atomic mass is 32.2. The molecule has 0 saturated heterocycles. The zero-order valence-corrected chi connectivity index (χ0v) is 12.0. The molecule has 1 aliphatic rings. The van der Waals surface area contributed by atoms with Gasteiger partial charge in [0.2, 0.25) is 0 Å². The Morgan fingerprint density at radius 1 is 1.05 bits per heavy atom. The number of aliphatic imine (C=N–C) groups is 1. The van der Waals surface area contributed by atoms with E-state index in [1.165, 1.54) is 0 Å². The number of methoxy groups -OCH3 is 2. The van der Waals surface area contributed by atoms with E-state index in [0.29, 0.717) is 0 Å². The van der Waals surface area contributed by atoms with Crippen LogP contribution in [0.1, 0.15) is 5.56 Å². The Morgan fingerprint density at radius 2 is 1.85 bits per heavy atom. The molecule has 3 rings (SSSR count). The van der Waals surface area contributed by atoms with Gasteiger partial charge in [0.05, 0.1) is 30.4 Å². The summed E-state index contributed by atoms with van der Waals surface area (Å²) in [7, 11) is 2.44. The zero-order valence-electron chi connectivity index (χ0n) is 11.2. The summed E-state index contributed by atoms with van der Waals surface area (Å²) in [5.41, 5.74) is 1.72. The van der Waals surface area contributed by atoms with E-state index in [1.807, 2.05) is 42.5 Å². The van der Waals surface area contributed by atoms with Crippen molar-refractivity contribution in [1.29, 1.82) is 4.78 Å². The Morgan fingerprint density at radius 3 is 2.60 bits per heavy atom. The minimum atomic E-state index is -0.820. The molecule has 0 saturated carbocycles. The van der Waals surface area contributed by atoms with Crippen molar-refractivity contribution in [2.45, 2.75) is 4.90 Å². The molecule has 102 valence electrons. The minimum absolute atomic E-state index is 0.741. The monoisotopic (exact) mass is 286 g/mol. The predicted octanol–water partition coefficient (Wildman–Crippen LogP) is 3.54. The predicted molar refractivity (Wildman–Crippen MR) is 80.5 cm³/mol. The molecule has 1 atom stereocenters. The van der Waals surface area contributed by atoms with Gasteiger partial charge in [-0.2, -0.15) is 0 Å². The Balaban J connectivity index is 2.08. The molecule has 20 heavy (non-hydrogen) atoms. The van der Waals surface area contributed by atoms with Crippen LogP contribution in [0.4, 0.5) is 5.69 Å². The molecule has 2 aromatic rings. The number of benzene rings is 2. The third-order valence-electron chi connectivity index (χ3n) is 3.14. The van der Waals surface area contributed by atoms with Gasteiger partial charge in [0.15, 0.2) is 0 Å². The second kappa shape index (κ2) is 5.09. The van der Waals surface area contributed by atoms with E-state index in [9.17, 15) is 0 Å². The summed E-state index contributed by atoms with van der Waals surface area (Å²) in [5, 5.41) is 0.741. The zero-order chi connectivity index (χ0) is 14.1. The van der Waals surface area contributed by atoms with Gasteiger partial charge in [0.25, 0.3) is 0 Å². The molecule has 4 nitrogen and oxygen atoms in total. The normalized spacial score (nSPS) is 16.5. The average Bonchev–Trinajstić information content (AvgIpc) is 2.83. The lowest BCUT2D eigenvalue weighted by molar-refractivity contribution is 0.414. The van der Waals surface area contributed by atoms with Gasteiger partial charge in [0, 0.05) is 0 Å². The molecule has 1 N–H and O–H groups in total. The van der Waals surface area contributed by atoms with Crippen molar-refractivity contribution in [3.63, 3.8) is 0 Å². The van der Waals surface area contributed by atoms with Gasteiger partial charge >= 0.3 is 0 Å². The van der Waals surface area contributed by atoms with Gasteiger partial charge in [-0.1, -0.05) is 12.1 Å². The fourth-order valence-electron chi connectivity index (χ4n) is 2.13. The van der Waals surface area contributed by atoms with Crippen LogP contribution in [-0.4, -0.2) is 19.3 Å². The highest BCUT2D eigenvalue weighted by Crippen LogP contribution is 2.37. The van der Waals surface area contributed by atoms with Crippen LogP contribution in [0.3, 0.4) is 0 Å². The maximum atomic E-state index is 8.44. The number of rotatable bonds is 3. The van der Waals surface area contributed by atoms with Crippen LogP contribution in [0.25, 0.3) is 0 Å². The van der Waals surface area contributed by atoms with Gasteiger partial charge < -0.3 is 9.47 Å². The highest BCUT2D eigenvalue weighted by molar-refractivity contribution is 8.02. The Labute approximate surface area is 120 Å². The maximum absolute atomic E-state index is 8.44. The summed E-state index contributed by atoms with van der Waals surface area (Å²) in [6.07, 6.45) is 0. The second-order valence-corrected chi connectivity index (χ2v) is 5.70. The molecule has 0 bridgehead atoms. The van der Waals surface area contributed by atoms with Gasteiger partial charge in [-0.3, -0.25) is 4.78 Å². The molecule has 0 radical (unpaired) electrons. The number of nitrogens with zero attached hydrogens (tertiary/aromatic N) is 1. The first-order chi connectivity index (χ1) is 9.74. The van der Waals surface area contributed by atoms with Gasteiger partial charge in [0.1, 0.15) is 16.5 Å². The van der Waals surface area contributed by atoms with Crippen molar-refractivity contribution in [2.75, 3.05) is 14.2 Å². The molecule has 0 aliphatic carbocycles. The second-order valence-electron chi connectivity index (χ2n) is 4.26. The van der Waals surface area contributed by atoms with Crippen LogP contribution >= 0.6 is 0 Å². The van der Waals surface area contributed by atoms with Gasteiger partial charge in [-0.05, 0) is 41.0 Å². The van der Waals surface area contributed by atoms with Crippen LogP contribution in [0, 0.1) is 4.78 Å². The van der Waals surface area contributed by atoms with Crippen molar-refractivity contribution >= 4 is 21.4 Å². The highest BCUT2D eigenvalue weighted by Gasteiger charge is 2.24. The molecule has 1 heterocycles. The van der Waals surface area contributed by atoms with Crippen LogP contribution in [0.2, 0.25) is 0 Å². The summed E-state index contributed by atoms with van der Waals surface area (Å²) in [6.45, 7) is 0. The number of ether oxygens (including phenoxy) is 2. The lowest BCUT2D eigenvalue weighted by Crippen LogP contribution is -2.05. The SMILES string of the molecule is COc1ccc2c(c1)S(=N)C(c1ccccc1OC)=N2. The van der Waals surface area contributed by atoms with E-state index in [4.69, 9.17) is 14.3 Å². The van der Waals surface area contributed by atoms with Crippen LogP contribution in [0.5, 0.6) is 11.5 Å². The van der Waals surface area contributed by atoms with Crippen molar-refractivity contribution < 1.29 is 9.47 Å². The van der Waals surface area contributed by atoms with Crippen molar-refractivity contribution in [1.82, 2.24) is 0 Å². The molecule has 0 spiro atoms. The molecular formula is C15H14N2O2S. The van der Waals surface area contributed by atoms with Gasteiger partial charge in [-0.25, -0.2) is 4.99 Å². The van der Waals surface area contributed by atoms with Crippen molar-refractivity contribution in [3.05, 3.63) is 48.0 Å². The topological polar surface area (TPSA) is 54.7 Å². The molecule has 0 aromatic heterocycles. The van der Waals surface area contributed by atoms with Crippen LogP contribution < -0.4 is 9.47 Å². The molecule has 5 heteroatoms. The van der Waals surface area contributed by atoms with Crippen molar-refractivity contribution in [3.8, 4) is 11.5 Å². The number of para-hydroxylation sites is 1. The number of hydrogen-bond acceptors (Lipinski definition) is 4. The maximum Gasteiger partial charge on any atom is 0.128 e. The lowest BCUT2D eigenvalue weighted by atomic mass is 10.2. The summed E-state index contributed by atoms with van der Waals surface area (Å²) in [6, 6.07) is 13.3. The van der Waals surface area contributed by atoms with E-state index < -0.39 is 10.7 Å². The first kappa shape index (κ1) is 12.9. The summed E-state index contributed by atoms with van der Waals surface area (Å²) >= 11 is 0. The van der Waals surface area contributed by atoms with Crippen LogP contribution in [-0.2, 0) is 10.7 Å². The van der Waals surface area contributed by atoms with E-state index in [-0.39, 0.29) is 0 Å². The van der Waals surface area contributed by atoms with Crippen LogP contribution in [0.15, 0.2) is 52.4 Å². The number of hydrogen-bond donors (Lipinski definition) is 1. The van der Waals surface area contributed by atoms with E-state index in [0.717, 1.165) is 32.7 Å². The molecule has 1 aliphatic heterocycles. The summed E-state index contributed by atoms with van der Waals surface area (Å²) in [4.78, 5) is 5.49. The average molecular weight is 286 g/mol. The van der Waals surface area contributed by atoms with Gasteiger partial charge in [-0.15, -0.1) is 0 Å². The summed E-state index contributed by atoms with van der Waals surface area (Å²) in [5.74, 6) is 1.50. The largest absolute Gasteiger partial charge is 0.497 e. The molecule has 1 unspecified atom stereocenters. The number of nitrogens with one attached hydrogen (secondary N) is 1. The van der Waals surface area contributed by atoms with Crippen molar-refractivity contribution in [2.24, 2.45) is 4.99 Å². The first-order valence-electron chi connectivity index (χ1n) is 6.10. The Bertz CT molecular complexity index is 726. The molecule has 0 fully saturated rings. The Kier molecular flexibility index (Phi) is 3.28. The molecular weight excluding hydrogens is 272 g/mol. The fourth-order valence-corrected chi connectivity index (χ4v) is 3.47. The minimum Gasteiger partial charge on any atom is -0.497 e. The smallest absolute Gasteiger partial charge is 0.128 e. The third-order valence-corrected chi connectivity index (χ3v) is 4.60. The number of fused-ring (bicyclic) bond motifs is 1. The Hall–Kier alpha value is -2.14. The van der Waals surface area contributed by atoms with E-state index >= 15 is 0 Å². The fraction of sp³-hybridized carbons (Fsp3) is 0.133.